The Morgan fingerprint density at radius 3 is 1.24 bits per heavy atom. The van der Waals surface area contributed by atoms with Crippen molar-refractivity contribution < 1.29 is 35.6 Å². The van der Waals surface area contributed by atoms with Crippen LogP contribution in [0.5, 0.6) is 34.5 Å². The van der Waals surface area contributed by atoms with Gasteiger partial charge >= 0.3 is 0 Å². The number of rotatable bonds is 27. The fraction of sp³-hybridized carbons (Fsp3) is 0.370. The van der Waals surface area contributed by atoms with Crippen LogP contribution in [0.4, 0.5) is 5.69 Å². The lowest BCUT2D eigenvalue weighted by Crippen LogP contribution is -2.03. The Balaban J connectivity index is 0.000000361. The molecule has 15 heteroatoms. The number of phenolic OH excluding ortho intramolecular Hbond substituents is 6. The SMILES string of the molecule is CCCCC(CC)CN=Cc1ccccc1O.CCCCCCN=Cc1ccccc1O.CCCCN=Cc1ccccc1O.CCCN=Cc1c(O)ccc2ccccc12.CCCN=Cc1cc([N+](=O)[O-])ccc1O.CCCN=Cc1ccccc1O. The summed E-state index contributed by atoms with van der Waals surface area (Å²) in [7, 11) is 0. The molecule has 7 aromatic carbocycles. The second kappa shape index (κ2) is 48.2. The maximum atomic E-state index is 10.5. The van der Waals surface area contributed by atoms with Gasteiger partial charge in [-0.1, -0.05) is 172 Å². The highest BCUT2D eigenvalue weighted by atomic mass is 16.6. The summed E-state index contributed by atoms with van der Waals surface area (Å²) in [5.74, 6) is 2.16. The van der Waals surface area contributed by atoms with Gasteiger partial charge in [-0.2, -0.15) is 0 Å². The second-order valence-electron chi connectivity index (χ2n) is 20.5. The van der Waals surface area contributed by atoms with Crippen molar-refractivity contribution in [1.82, 2.24) is 0 Å². The Morgan fingerprint density at radius 2 is 0.784 bits per heavy atom. The third-order valence-corrected chi connectivity index (χ3v) is 13.0. The first kappa shape index (κ1) is 75.1. The van der Waals surface area contributed by atoms with Gasteiger partial charge in [0.2, 0.25) is 0 Å². The number of hydrogen-bond acceptors (Lipinski definition) is 14. The van der Waals surface area contributed by atoms with Crippen molar-refractivity contribution in [3.63, 3.8) is 0 Å². The molecule has 7 aromatic rings. The van der Waals surface area contributed by atoms with Crippen LogP contribution in [0.2, 0.25) is 0 Å². The van der Waals surface area contributed by atoms with Crippen molar-refractivity contribution in [2.75, 3.05) is 39.3 Å². The van der Waals surface area contributed by atoms with E-state index >= 15 is 0 Å². The Bertz CT molecular complexity index is 3190. The topological polar surface area (TPSA) is 239 Å². The van der Waals surface area contributed by atoms with Gasteiger partial charge in [-0.15, -0.1) is 0 Å². The zero-order valence-electron chi connectivity index (χ0n) is 53.0. The molecule has 472 valence electrons. The molecule has 0 bridgehead atoms. The molecule has 0 saturated heterocycles. The molecular weight excluding hydrogens is 1100 g/mol. The van der Waals surface area contributed by atoms with E-state index in [1.54, 1.807) is 73.5 Å². The summed E-state index contributed by atoms with van der Waals surface area (Å²) in [6, 6.07) is 44.4. The van der Waals surface area contributed by atoms with Crippen LogP contribution in [0.1, 0.15) is 165 Å². The monoisotopic (exact) mass is 1200 g/mol. The average molecular weight is 1200 g/mol. The number of nitrogens with zero attached hydrogens (tertiary/aromatic N) is 7. The molecule has 0 amide bonds. The van der Waals surface area contributed by atoms with Crippen LogP contribution >= 0.6 is 0 Å². The van der Waals surface area contributed by atoms with E-state index < -0.39 is 4.92 Å². The van der Waals surface area contributed by atoms with Crippen molar-refractivity contribution in [1.29, 1.82) is 0 Å². The molecule has 6 N–H and O–H groups in total. The molecule has 0 aromatic heterocycles. The highest BCUT2D eigenvalue weighted by Crippen LogP contribution is 2.26. The maximum Gasteiger partial charge on any atom is 0.270 e. The lowest BCUT2D eigenvalue weighted by molar-refractivity contribution is -0.384. The van der Waals surface area contributed by atoms with E-state index in [1.807, 2.05) is 97.9 Å². The second-order valence-corrected chi connectivity index (χ2v) is 20.5. The first-order valence-corrected chi connectivity index (χ1v) is 31.1. The number of unbranched alkanes of at least 4 members (excludes halogenated alkanes) is 5. The van der Waals surface area contributed by atoms with Crippen molar-refractivity contribution >= 4 is 53.7 Å². The van der Waals surface area contributed by atoms with Crippen molar-refractivity contribution in [2.24, 2.45) is 35.9 Å². The molecule has 0 fully saturated rings. The Kier molecular flexibility index (Phi) is 41.1. The number of aliphatic imine (C=N–C) groups is 6. The van der Waals surface area contributed by atoms with Crippen LogP contribution in [0.25, 0.3) is 10.8 Å². The Labute approximate surface area is 523 Å². The highest BCUT2D eigenvalue weighted by molar-refractivity contribution is 6.02. The molecular formula is C73H97N7O8. The summed E-state index contributed by atoms with van der Waals surface area (Å²) in [5.41, 5.74) is 4.31. The van der Waals surface area contributed by atoms with Crippen LogP contribution in [0.15, 0.2) is 182 Å². The fourth-order valence-corrected chi connectivity index (χ4v) is 7.86. The molecule has 1 unspecified atom stereocenters. The van der Waals surface area contributed by atoms with Gasteiger partial charge in [-0.3, -0.25) is 40.1 Å². The molecule has 0 spiro atoms. The minimum atomic E-state index is -0.503. The fourth-order valence-electron chi connectivity index (χ4n) is 7.86. The van der Waals surface area contributed by atoms with E-state index in [1.165, 1.54) is 69.4 Å². The number of para-hydroxylation sites is 4. The molecule has 0 aliphatic rings. The van der Waals surface area contributed by atoms with Crippen molar-refractivity contribution in [3.8, 4) is 34.5 Å². The predicted octanol–water partition coefficient (Wildman–Crippen LogP) is 17.8. The summed E-state index contributed by atoms with van der Waals surface area (Å²) in [4.78, 5) is 35.3. The lowest BCUT2D eigenvalue weighted by Gasteiger charge is -2.10. The van der Waals surface area contributed by atoms with Gasteiger partial charge in [-0.25, -0.2) is 0 Å². The van der Waals surface area contributed by atoms with E-state index in [9.17, 15) is 40.8 Å². The summed E-state index contributed by atoms with van der Waals surface area (Å²) >= 11 is 0. The number of phenols is 6. The molecule has 0 aliphatic heterocycles. The van der Waals surface area contributed by atoms with E-state index in [-0.39, 0.29) is 17.2 Å². The molecule has 88 heavy (non-hydrogen) atoms. The normalized spacial score (nSPS) is 11.4. The van der Waals surface area contributed by atoms with Crippen LogP contribution in [-0.4, -0.2) is 112 Å². The number of nitro benzene ring substituents is 1. The van der Waals surface area contributed by atoms with E-state index in [0.717, 1.165) is 110 Å². The minimum absolute atomic E-state index is 0.000420. The molecule has 0 aliphatic carbocycles. The van der Waals surface area contributed by atoms with Gasteiger partial charge in [0.15, 0.2) is 0 Å². The molecule has 7 rings (SSSR count). The van der Waals surface area contributed by atoms with E-state index in [4.69, 9.17) is 0 Å². The number of aromatic hydroxyl groups is 6. The predicted molar refractivity (Wildman–Crippen MR) is 371 cm³/mol. The van der Waals surface area contributed by atoms with Crippen molar-refractivity contribution in [3.05, 3.63) is 195 Å². The zero-order valence-corrected chi connectivity index (χ0v) is 53.0. The minimum Gasteiger partial charge on any atom is -0.507 e. The summed E-state index contributed by atoms with van der Waals surface area (Å²) in [6.45, 7) is 19.7. The molecule has 15 nitrogen and oxygen atoms in total. The van der Waals surface area contributed by atoms with Gasteiger partial charge in [0.05, 0.1) is 4.92 Å². The molecule has 0 radical (unpaired) electrons. The van der Waals surface area contributed by atoms with Gasteiger partial charge < -0.3 is 30.6 Å². The number of fused-ring (bicyclic) bond motifs is 1. The first-order valence-electron chi connectivity index (χ1n) is 31.1. The largest absolute Gasteiger partial charge is 0.507 e. The Morgan fingerprint density at radius 1 is 0.386 bits per heavy atom. The standard InChI is InChI=1S/C15H23NO.C14H15NO.C13H19NO.C11H15NO.C10H12N2O3.C10H13NO/c1-3-5-8-13(4-2)11-16-12-14-9-6-7-10-15(14)17;1-2-9-15-10-13-12-6-4-3-5-11(12)7-8-14(13)16;1-2-3-4-7-10-14-11-12-8-5-6-9-13(12)15;1-2-3-8-12-9-10-6-4-5-7-11(10)13;1-2-5-11-7-8-6-9(12(14)15)3-4-10(8)13;1-2-7-11-8-9-5-3-4-6-10(9)12/h6-7,9-10,12-13,17H,3-5,8,11H2,1-2H3;3-8,10,16H,2,9H2,1H3;5-6,8-9,11,15H,2-4,7,10H2,1H3;4-7,9,13H,2-3,8H2,1H3;3-4,6-7,13H,2,5H2,1H3;3-6,8,12H,2,7H2,1H3. The van der Waals surface area contributed by atoms with Gasteiger partial charge in [-0.05, 0) is 116 Å². The third kappa shape index (κ3) is 32.5. The number of hydrogen-bond donors (Lipinski definition) is 6. The van der Waals surface area contributed by atoms with Gasteiger partial charge in [0.1, 0.15) is 34.5 Å². The van der Waals surface area contributed by atoms with Crippen LogP contribution in [0, 0.1) is 16.0 Å². The van der Waals surface area contributed by atoms with E-state index in [2.05, 4.69) is 71.5 Å². The average Bonchev–Trinajstić information content (AvgIpc) is 1.99. The Hall–Kier alpha value is -8.98. The number of non-ortho nitro benzene ring substituents is 1. The molecule has 0 saturated carbocycles. The van der Waals surface area contributed by atoms with Crippen LogP contribution in [-0.2, 0) is 0 Å². The van der Waals surface area contributed by atoms with Gasteiger partial charge in [0, 0.05) is 122 Å². The maximum absolute atomic E-state index is 10.5. The highest BCUT2D eigenvalue weighted by Gasteiger charge is 2.09. The van der Waals surface area contributed by atoms with Crippen LogP contribution < -0.4 is 0 Å². The summed E-state index contributed by atoms with van der Waals surface area (Å²) < 4.78 is 0. The molecule has 1 atom stereocenters. The first-order chi connectivity index (χ1) is 42.8. The van der Waals surface area contributed by atoms with Gasteiger partial charge in [0.25, 0.3) is 5.69 Å². The number of benzene rings is 7. The lowest BCUT2D eigenvalue weighted by atomic mass is 10.00. The summed E-state index contributed by atoms with van der Waals surface area (Å²) in [6.07, 6.45) is 25.3. The molecule has 0 heterocycles. The van der Waals surface area contributed by atoms with Crippen molar-refractivity contribution in [2.45, 2.75) is 132 Å². The number of nitro groups is 1. The van der Waals surface area contributed by atoms with Crippen LogP contribution in [0.3, 0.4) is 0 Å². The zero-order chi connectivity index (χ0) is 64.4. The quantitative estimate of drug-likeness (QED) is 0.0125. The third-order valence-electron chi connectivity index (χ3n) is 13.0. The summed E-state index contributed by atoms with van der Waals surface area (Å²) in [5, 5.41) is 69.6. The van der Waals surface area contributed by atoms with E-state index in [0.29, 0.717) is 41.0 Å². The smallest absolute Gasteiger partial charge is 0.270 e.